The van der Waals surface area contributed by atoms with Crippen molar-refractivity contribution in [1.82, 2.24) is 10.6 Å². The van der Waals surface area contributed by atoms with Crippen molar-refractivity contribution in [2.24, 2.45) is 4.99 Å². The highest BCUT2D eigenvalue weighted by atomic mass is 127. The lowest BCUT2D eigenvalue weighted by molar-refractivity contribution is 0.411. The van der Waals surface area contributed by atoms with Gasteiger partial charge in [0.15, 0.2) is 5.96 Å². The molecule has 1 aliphatic heterocycles. The minimum absolute atomic E-state index is 0. The van der Waals surface area contributed by atoms with Gasteiger partial charge in [-0.1, -0.05) is 36.4 Å². The summed E-state index contributed by atoms with van der Waals surface area (Å²) in [6.07, 6.45) is 5.32. The topological polar surface area (TPSA) is 48.9 Å². The smallest absolute Gasteiger partial charge is 0.191 e. The third kappa shape index (κ3) is 6.66. The molecule has 0 fully saturated rings. The molecular formula is C23H31IN4O. The molecule has 0 unspecified atom stereocenters. The quantitative estimate of drug-likeness (QED) is 0.259. The Balaban J connectivity index is 0.00000300. The van der Waals surface area contributed by atoms with E-state index in [0.29, 0.717) is 0 Å². The number of aliphatic imine (C=N–C) groups is 1. The van der Waals surface area contributed by atoms with E-state index in [0.717, 1.165) is 49.9 Å². The Labute approximate surface area is 191 Å². The highest BCUT2D eigenvalue weighted by Gasteiger charge is 2.07. The highest BCUT2D eigenvalue weighted by molar-refractivity contribution is 14.0. The van der Waals surface area contributed by atoms with Crippen molar-refractivity contribution < 1.29 is 4.74 Å². The van der Waals surface area contributed by atoms with Gasteiger partial charge in [-0.3, -0.25) is 4.99 Å². The van der Waals surface area contributed by atoms with E-state index >= 15 is 0 Å². The predicted octanol–water partition coefficient (Wildman–Crippen LogP) is 3.91. The highest BCUT2D eigenvalue weighted by Crippen LogP contribution is 2.19. The van der Waals surface area contributed by atoms with Crippen LogP contribution < -0.4 is 20.3 Å². The molecule has 29 heavy (non-hydrogen) atoms. The molecule has 0 bridgehead atoms. The maximum atomic E-state index is 5.40. The van der Waals surface area contributed by atoms with Gasteiger partial charge in [0, 0.05) is 38.9 Å². The molecule has 2 N–H and O–H groups in total. The molecule has 156 valence electrons. The maximum absolute atomic E-state index is 5.40. The summed E-state index contributed by atoms with van der Waals surface area (Å²) in [5.74, 6) is 1.75. The largest absolute Gasteiger partial charge is 0.496 e. The molecule has 0 aliphatic carbocycles. The fourth-order valence-electron chi connectivity index (χ4n) is 3.27. The first-order chi connectivity index (χ1) is 13.7. The molecule has 6 heteroatoms. The van der Waals surface area contributed by atoms with Gasteiger partial charge in [-0.05, 0) is 48.2 Å². The molecule has 0 atom stereocenters. The molecule has 1 aliphatic rings. The zero-order chi connectivity index (χ0) is 19.8. The van der Waals surface area contributed by atoms with Crippen LogP contribution in [0.4, 0.5) is 5.69 Å². The van der Waals surface area contributed by atoms with Gasteiger partial charge in [0.05, 0.1) is 7.11 Å². The van der Waals surface area contributed by atoms with Crippen molar-refractivity contribution >= 4 is 35.6 Å². The van der Waals surface area contributed by atoms with E-state index in [-0.39, 0.29) is 24.0 Å². The van der Waals surface area contributed by atoms with Gasteiger partial charge in [0.2, 0.25) is 0 Å². The van der Waals surface area contributed by atoms with E-state index in [1.807, 2.05) is 0 Å². The number of guanidine groups is 1. The van der Waals surface area contributed by atoms with Crippen LogP contribution in [0.2, 0.25) is 0 Å². The zero-order valence-electron chi connectivity index (χ0n) is 17.4. The molecular weight excluding hydrogens is 475 g/mol. The number of aryl methyl sites for hydroxylation is 1. The summed E-state index contributed by atoms with van der Waals surface area (Å²) in [4.78, 5) is 6.66. The number of methoxy groups -OCH3 is 1. The minimum Gasteiger partial charge on any atom is -0.496 e. The number of hydrogen-bond acceptors (Lipinski definition) is 3. The van der Waals surface area contributed by atoms with Crippen LogP contribution in [0, 0.1) is 6.92 Å². The molecule has 0 saturated carbocycles. The van der Waals surface area contributed by atoms with Crippen LogP contribution >= 0.6 is 24.0 Å². The van der Waals surface area contributed by atoms with Crippen LogP contribution in [0.3, 0.4) is 0 Å². The maximum Gasteiger partial charge on any atom is 0.191 e. The summed E-state index contributed by atoms with van der Waals surface area (Å²) in [5.41, 5.74) is 4.91. The average molecular weight is 506 g/mol. The first kappa shape index (κ1) is 23.1. The van der Waals surface area contributed by atoms with Crippen LogP contribution in [-0.4, -0.2) is 39.8 Å². The Morgan fingerprint density at radius 3 is 2.38 bits per heavy atom. The van der Waals surface area contributed by atoms with Gasteiger partial charge in [0.25, 0.3) is 0 Å². The van der Waals surface area contributed by atoms with Crippen molar-refractivity contribution in [3.05, 3.63) is 71.3 Å². The number of anilines is 1. The fourth-order valence-corrected chi connectivity index (χ4v) is 3.27. The first-order valence-electron chi connectivity index (χ1n) is 9.76. The van der Waals surface area contributed by atoms with E-state index in [1.54, 1.807) is 14.2 Å². The van der Waals surface area contributed by atoms with Crippen molar-refractivity contribution in [2.45, 2.75) is 19.9 Å². The van der Waals surface area contributed by atoms with Gasteiger partial charge < -0.3 is 20.3 Å². The van der Waals surface area contributed by atoms with Gasteiger partial charge in [0.1, 0.15) is 5.75 Å². The summed E-state index contributed by atoms with van der Waals surface area (Å²) in [6.45, 7) is 5.62. The summed E-state index contributed by atoms with van der Waals surface area (Å²) in [7, 11) is 3.51. The third-order valence-electron chi connectivity index (χ3n) is 4.98. The molecule has 0 radical (unpaired) electrons. The second kappa shape index (κ2) is 11.7. The number of nitrogens with zero attached hydrogens (tertiary/aromatic N) is 2. The molecule has 2 aromatic carbocycles. The van der Waals surface area contributed by atoms with Crippen LogP contribution in [0.5, 0.6) is 5.75 Å². The number of ether oxygens (including phenoxy) is 1. The molecule has 0 saturated heterocycles. The van der Waals surface area contributed by atoms with E-state index in [9.17, 15) is 0 Å². The van der Waals surface area contributed by atoms with Crippen molar-refractivity contribution in [1.29, 1.82) is 0 Å². The normalized spacial score (nSPS) is 13.2. The Kier molecular flexibility index (Phi) is 9.31. The van der Waals surface area contributed by atoms with E-state index in [1.165, 1.54) is 16.8 Å². The Hall–Kier alpha value is -2.22. The van der Waals surface area contributed by atoms with E-state index < -0.39 is 0 Å². The molecule has 2 aromatic rings. The summed E-state index contributed by atoms with van der Waals surface area (Å²) in [6, 6.07) is 15.1. The SMILES string of the molecule is CN=C(NCCc1ccc(C)c(OC)c1)NCc1ccc(N2CC=CC2)cc1.I. The number of halogens is 1. The van der Waals surface area contributed by atoms with E-state index in [4.69, 9.17) is 4.74 Å². The Morgan fingerprint density at radius 2 is 1.72 bits per heavy atom. The molecule has 0 spiro atoms. The van der Waals surface area contributed by atoms with Crippen molar-refractivity contribution in [3.63, 3.8) is 0 Å². The standard InChI is InChI=1S/C23H30N4O.HI/c1-18-6-7-19(16-22(18)28-3)12-13-25-23(24-2)26-17-20-8-10-21(11-9-20)27-14-4-5-15-27;/h4-11,16H,12-15,17H2,1-3H3,(H2,24,25,26);1H. The first-order valence-corrected chi connectivity index (χ1v) is 9.76. The lowest BCUT2D eigenvalue weighted by Crippen LogP contribution is -2.37. The van der Waals surface area contributed by atoms with Gasteiger partial charge in [-0.2, -0.15) is 0 Å². The van der Waals surface area contributed by atoms with Crippen LogP contribution in [0.1, 0.15) is 16.7 Å². The summed E-state index contributed by atoms with van der Waals surface area (Å²) < 4.78 is 5.40. The van der Waals surface area contributed by atoms with Gasteiger partial charge >= 0.3 is 0 Å². The van der Waals surface area contributed by atoms with Crippen LogP contribution in [0.25, 0.3) is 0 Å². The summed E-state index contributed by atoms with van der Waals surface area (Å²) >= 11 is 0. The Bertz CT molecular complexity index is 825. The third-order valence-corrected chi connectivity index (χ3v) is 4.98. The fraction of sp³-hybridized carbons (Fsp3) is 0.348. The number of benzene rings is 2. The van der Waals surface area contributed by atoms with Gasteiger partial charge in [-0.15, -0.1) is 24.0 Å². The summed E-state index contributed by atoms with van der Waals surface area (Å²) in [5, 5.41) is 6.76. The molecule has 1 heterocycles. The number of rotatable bonds is 7. The molecule has 0 amide bonds. The monoisotopic (exact) mass is 506 g/mol. The number of hydrogen-bond donors (Lipinski definition) is 2. The Morgan fingerprint density at radius 1 is 1.03 bits per heavy atom. The molecule has 0 aromatic heterocycles. The second-order valence-corrected chi connectivity index (χ2v) is 6.95. The number of nitrogens with one attached hydrogen (secondary N) is 2. The van der Waals surface area contributed by atoms with Gasteiger partial charge in [-0.25, -0.2) is 0 Å². The van der Waals surface area contributed by atoms with E-state index in [2.05, 4.69) is 82.1 Å². The molecule has 5 nitrogen and oxygen atoms in total. The minimum atomic E-state index is 0. The van der Waals surface area contributed by atoms with Crippen LogP contribution in [0.15, 0.2) is 59.6 Å². The average Bonchev–Trinajstić information content (AvgIpc) is 3.27. The predicted molar refractivity (Wildman–Crippen MR) is 133 cm³/mol. The molecule has 3 rings (SSSR count). The van der Waals surface area contributed by atoms with Crippen molar-refractivity contribution in [3.8, 4) is 5.75 Å². The zero-order valence-corrected chi connectivity index (χ0v) is 19.8. The van der Waals surface area contributed by atoms with Crippen molar-refractivity contribution in [2.75, 3.05) is 38.7 Å². The second-order valence-electron chi connectivity index (χ2n) is 6.95. The van der Waals surface area contributed by atoms with Crippen LogP contribution in [-0.2, 0) is 13.0 Å². The lowest BCUT2D eigenvalue weighted by atomic mass is 10.1. The lowest BCUT2D eigenvalue weighted by Gasteiger charge is -2.18.